The molecule has 1 fully saturated rings. The Morgan fingerprint density at radius 1 is 0.970 bits per heavy atom. The van der Waals surface area contributed by atoms with Gasteiger partial charge in [0.15, 0.2) is 11.5 Å². The van der Waals surface area contributed by atoms with E-state index < -0.39 is 5.56 Å². The van der Waals surface area contributed by atoms with Crippen molar-refractivity contribution < 1.29 is 14.3 Å². The van der Waals surface area contributed by atoms with Gasteiger partial charge in [0, 0.05) is 30.2 Å². The van der Waals surface area contributed by atoms with E-state index in [-0.39, 0.29) is 31.1 Å². The standard InChI is InChI=1S/C23H25N5O5/c1-32-19-8-5-16(13-20(19)33-2)18-7-10-23(31)28(26-18)14-21(29)24-11-12-27-22(30)9-6-17(25-27)15-3-4-15/h5-10,13,15H,3-4,11-12,14H2,1-2H3,(H,24,29). The van der Waals surface area contributed by atoms with Crippen molar-refractivity contribution in [1.29, 1.82) is 0 Å². The fourth-order valence-corrected chi connectivity index (χ4v) is 3.43. The van der Waals surface area contributed by atoms with Crippen LogP contribution in [-0.2, 0) is 17.9 Å². The first-order valence-corrected chi connectivity index (χ1v) is 10.6. The van der Waals surface area contributed by atoms with Crippen LogP contribution in [0.3, 0.4) is 0 Å². The van der Waals surface area contributed by atoms with Crippen molar-refractivity contribution in [2.75, 3.05) is 20.8 Å². The van der Waals surface area contributed by atoms with Gasteiger partial charge >= 0.3 is 0 Å². The van der Waals surface area contributed by atoms with Crippen molar-refractivity contribution in [3.63, 3.8) is 0 Å². The molecule has 1 aliphatic carbocycles. The number of methoxy groups -OCH3 is 2. The van der Waals surface area contributed by atoms with Crippen LogP contribution in [0.15, 0.2) is 52.1 Å². The molecule has 0 spiro atoms. The van der Waals surface area contributed by atoms with Gasteiger partial charge in [-0.3, -0.25) is 14.4 Å². The summed E-state index contributed by atoms with van der Waals surface area (Å²) in [6.07, 6.45) is 2.18. The maximum Gasteiger partial charge on any atom is 0.267 e. The van der Waals surface area contributed by atoms with Crippen LogP contribution >= 0.6 is 0 Å². The molecule has 0 saturated heterocycles. The Bertz CT molecular complexity index is 1280. The van der Waals surface area contributed by atoms with Gasteiger partial charge in [-0.05, 0) is 43.2 Å². The summed E-state index contributed by atoms with van der Waals surface area (Å²) in [5.74, 6) is 1.15. The minimum atomic E-state index is -0.399. The maximum absolute atomic E-state index is 12.4. The Balaban J connectivity index is 1.41. The van der Waals surface area contributed by atoms with Gasteiger partial charge in [-0.25, -0.2) is 9.36 Å². The Hall–Kier alpha value is -3.95. The molecule has 0 atom stereocenters. The number of carbonyl (C=O) groups is 1. The molecule has 1 N–H and O–H groups in total. The monoisotopic (exact) mass is 451 g/mol. The Kier molecular flexibility index (Phi) is 6.53. The lowest BCUT2D eigenvalue weighted by Gasteiger charge is -2.11. The van der Waals surface area contributed by atoms with E-state index in [0.29, 0.717) is 28.7 Å². The second kappa shape index (κ2) is 9.68. The summed E-state index contributed by atoms with van der Waals surface area (Å²) in [5.41, 5.74) is 1.51. The van der Waals surface area contributed by atoms with Crippen LogP contribution in [0.5, 0.6) is 11.5 Å². The summed E-state index contributed by atoms with van der Waals surface area (Å²) in [5, 5.41) is 11.4. The van der Waals surface area contributed by atoms with E-state index >= 15 is 0 Å². The Labute approximate surface area is 189 Å². The van der Waals surface area contributed by atoms with E-state index in [1.165, 1.54) is 23.9 Å². The fraction of sp³-hybridized carbons (Fsp3) is 0.348. The normalized spacial score (nSPS) is 12.9. The lowest BCUT2D eigenvalue weighted by Crippen LogP contribution is -2.36. The number of carbonyl (C=O) groups excluding carboxylic acids is 1. The highest BCUT2D eigenvalue weighted by atomic mass is 16.5. The SMILES string of the molecule is COc1ccc(-c2ccc(=O)n(CC(=O)NCCn3nc(C4CC4)ccc3=O)n2)cc1OC. The Morgan fingerprint density at radius 3 is 2.42 bits per heavy atom. The first kappa shape index (κ1) is 22.3. The molecule has 1 aromatic carbocycles. The van der Waals surface area contributed by atoms with Crippen LogP contribution in [0.25, 0.3) is 11.3 Å². The van der Waals surface area contributed by atoms with Crippen molar-refractivity contribution in [2.24, 2.45) is 0 Å². The predicted octanol–water partition coefficient (Wildman–Crippen LogP) is 1.18. The number of amides is 1. The topological polar surface area (TPSA) is 117 Å². The molecule has 2 aromatic heterocycles. The van der Waals surface area contributed by atoms with Gasteiger partial charge in [-0.15, -0.1) is 0 Å². The third-order valence-corrected chi connectivity index (χ3v) is 5.37. The van der Waals surface area contributed by atoms with Crippen LogP contribution < -0.4 is 25.9 Å². The number of ether oxygens (including phenoxy) is 2. The summed E-state index contributed by atoms with van der Waals surface area (Å²) in [7, 11) is 3.08. The molecule has 1 amide bonds. The second-order valence-electron chi connectivity index (χ2n) is 7.73. The average molecular weight is 451 g/mol. The molecule has 1 aliphatic rings. The number of benzene rings is 1. The second-order valence-corrected chi connectivity index (χ2v) is 7.73. The van der Waals surface area contributed by atoms with E-state index in [9.17, 15) is 14.4 Å². The number of rotatable bonds is 9. The van der Waals surface area contributed by atoms with Gasteiger partial charge in [-0.2, -0.15) is 10.2 Å². The lowest BCUT2D eigenvalue weighted by atomic mass is 10.1. The van der Waals surface area contributed by atoms with E-state index in [0.717, 1.165) is 23.2 Å². The van der Waals surface area contributed by atoms with Crippen molar-refractivity contribution >= 4 is 5.91 Å². The molecule has 0 aliphatic heterocycles. The summed E-state index contributed by atoms with van der Waals surface area (Å²) in [6, 6.07) is 11.5. The predicted molar refractivity (Wildman–Crippen MR) is 121 cm³/mol. The largest absolute Gasteiger partial charge is 0.493 e. The first-order chi connectivity index (χ1) is 16.0. The van der Waals surface area contributed by atoms with Crippen LogP contribution in [0.2, 0.25) is 0 Å². The number of hydrogen-bond donors (Lipinski definition) is 1. The lowest BCUT2D eigenvalue weighted by molar-refractivity contribution is -0.121. The Morgan fingerprint density at radius 2 is 1.70 bits per heavy atom. The quantitative estimate of drug-likeness (QED) is 0.519. The zero-order chi connectivity index (χ0) is 23.4. The molecule has 1 saturated carbocycles. The molecule has 2 heterocycles. The minimum absolute atomic E-state index is 0.212. The van der Waals surface area contributed by atoms with E-state index in [1.54, 1.807) is 37.4 Å². The van der Waals surface area contributed by atoms with Crippen LogP contribution in [0, 0.1) is 0 Å². The molecular formula is C23H25N5O5. The van der Waals surface area contributed by atoms with Gasteiger partial charge in [0.2, 0.25) is 5.91 Å². The molecule has 3 aromatic rings. The van der Waals surface area contributed by atoms with Crippen molar-refractivity contribution in [2.45, 2.75) is 31.8 Å². The molecular weight excluding hydrogens is 426 g/mol. The summed E-state index contributed by atoms with van der Waals surface area (Å²) in [6.45, 7) is 0.216. The number of nitrogens with zero attached hydrogens (tertiary/aromatic N) is 4. The van der Waals surface area contributed by atoms with Gasteiger partial charge < -0.3 is 14.8 Å². The summed E-state index contributed by atoms with van der Waals surface area (Å²) >= 11 is 0. The van der Waals surface area contributed by atoms with Crippen molar-refractivity contribution in [3.05, 3.63) is 68.9 Å². The zero-order valence-electron chi connectivity index (χ0n) is 18.5. The third-order valence-electron chi connectivity index (χ3n) is 5.37. The van der Waals surface area contributed by atoms with Crippen LogP contribution in [-0.4, -0.2) is 46.2 Å². The van der Waals surface area contributed by atoms with Crippen LogP contribution in [0.1, 0.15) is 24.5 Å². The molecule has 10 heteroatoms. The van der Waals surface area contributed by atoms with Crippen LogP contribution in [0.4, 0.5) is 0 Å². The molecule has 4 rings (SSSR count). The molecule has 10 nitrogen and oxygen atoms in total. The number of hydrogen-bond acceptors (Lipinski definition) is 7. The molecule has 0 radical (unpaired) electrons. The van der Waals surface area contributed by atoms with Gasteiger partial charge in [0.1, 0.15) is 6.54 Å². The third kappa shape index (κ3) is 5.28. The number of nitrogens with one attached hydrogen (secondary N) is 1. The first-order valence-electron chi connectivity index (χ1n) is 10.6. The summed E-state index contributed by atoms with van der Waals surface area (Å²) < 4.78 is 13.0. The van der Waals surface area contributed by atoms with E-state index in [2.05, 4.69) is 15.5 Å². The van der Waals surface area contributed by atoms with Gasteiger partial charge in [0.25, 0.3) is 11.1 Å². The van der Waals surface area contributed by atoms with Gasteiger partial charge in [-0.1, -0.05) is 0 Å². The smallest absolute Gasteiger partial charge is 0.267 e. The highest BCUT2D eigenvalue weighted by molar-refractivity contribution is 5.75. The summed E-state index contributed by atoms with van der Waals surface area (Å²) in [4.78, 5) is 36.6. The minimum Gasteiger partial charge on any atom is -0.493 e. The van der Waals surface area contributed by atoms with E-state index in [1.807, 2.05) is 0 Å². The molecule has 0 bridgehead atoms. The van der Waals surface area contributed by atoms with Gasteiger partial charge in [0.05, 0.1) is 32.2 Å². The highest BCUT2D eigenvalue weighted by Gasteiger charge is 2.25. The molecule has 0 unspecified atom stereocenters. The van der Waals surface area contributed by atoms with E-state index in [4.69, 9.17) is 9.47 Å². The fourth-order valence-electron chi connectivity index (χ4n) is 3.43. The number of aromatic nitrogens is 4. The zero-order valence-corrected chi connectivity index (χ0v) is 18.5. The van der Waals surface area contributed by atoms with Crippen molar-refractivity contribution in [1.82, 2.24) is 24.9 Å². The maximum atomic E-state index is 12.4. The molecule has 33 heavy (non-hydrogen) atoms. The average Bonchev–Trinajstić information content (AvgIpc) is 3.67. The van der Waals surface area contributed by atoms with Crippen molar-refractivity contribution in [3.8, 4) is 22.8 Å². The molecule has 172 valence electrons. The highest BCUT2D eigenvalue weighted by Crippen LogP contribution is 2.38.